The SMILES string of the molecule is CCc1cccc(-n2nc(C)cc2C(=O)Nc2cccc(C(CCC3CC3)c3ccc(OCc4ccccc4)cc3)c2)c1.CCc1cccc(-n2nc(C)cc2C(=O)Nc2cccc(C(NCC3CC3)c3ccc(OCc4ccccc4)c(Br)c3)c2)c1.NCCNCCN.[B].[C-]#[N+]c1cccc(-n2nc(C)cc2C(=O)Nc2cccc(C(NCC3CC3)c3ccc(OCc4ccccc4)c(Br)c3)c2)c1.[Cl][Ni][Cl].[H-].[Na+]. The summed E-state index contributed by atoms with van der Waals surface area (Å²) in [6, 6.07) is 105. The van der Waals surface area contributed by atoms with Crippen LogP contribution in [0.5, 0.6) is 17.2 Å². The Kier molecular flexibility index (Phi) is 43.7. The smallest absolute Gasteiger partial charge is 1.00 e. The van der Waals surface area contributed by atoms with Gasteiger partial charge in [0.05, 0.1) is 61.7 Å². The van der Waals surface area contributed by atoms with Crippen molar-refractivity contribution in [2.45, 2.75) is 137 Å². The van der Waals surface area contributed by atoms with Gasteiger partial charge in [-0.1, -0.05) is 215 Å². The fourth-order valence-corrected chi connectivity index (χ4v) is 17.5. The van der Waals surface area contributed by atoms with E-state index in [9.17, 15) is 14.4 Å². The van der Waals surface area contributed by atoms with Gasteiger partial charge in [-0.05, 0) is 323 Å². The molecule has 0 saturated heterocycles. The monoisotopic (exact) mass is 2130 g/mol. The topological polar surface area (TPSA) is 261 Å². The maximum absolute atomic E-state index is 13.6. The second kappa shape index (κ2) is 56.7. The zero-order valence-corrected chi connectivity index (χ0v) is 89.2. The van der Waals surface area contributed by atoms with Crippen molar-refractivity contribution in [2.75, 3.05) is 55.2 Å². The molecule has 3 unspecified atom stereocenters. The second-order valence-electron chi connectivity index (χ2n) is 35.5. The summed E-state index contributed by atoms with van der Waals surface area (Å²) in [4.78, 5) is 44.2. The molecule has 10 N–H and O–H groups in total. The third kappa shape index (κ3) is 33.5. The number of nitrogens with one attached hydrogen (secondary N) is 6. The minimum Gasteiger partial charge on any atom is -1.00 e. The van der Waals surface area contributed by atoms with E-state index in [1.165, 1.54) is 67.2 Å². The van der Waals surface area contributed by atoms with E-state index in [1.54, 1.807) is 38.3 Å². The van der Waals surface area contributed by atoms with Crippen molar-refractivity contribution in [1.29, 1.82) is 0 Å². The second-order valence-corrected chi connectivity index (χ2v) is 38.8. The molecule has 3 aromatic heterocycles. The van der Waals surface area contributed by atoms with Gasteiger partial charge in [0, 0.05) is 57.6 Å². The Balaban J connectivity index is 0.000000194. The molecule has 3 heterocycles. The maximum Gasteiger partial charge on any atom is 1.00 e. The Morgan fingerprint density at radius 1 is 0.434 bits per heavy atom. The van der Waals surface area contributed by atoms with E-state index in [1.807, 2.05) is 185 Å². The molecule has 0 aliphatic heterocycles. The Morgan fingerprint density at radius 3 is 1.16 bits per heavy atom. The minimum atomic E-state index is -0.277. The fraction of sp³-hybridized carbons (Fsp3) is 0.261. The summed E-state index contributed by atoms with van der Waals surface area (Å²) in [6.45, 7) is 23.8. The first-order chi connectivity index (χ1) is 68.8. The van der Waals surface area contributed by atoms with Crippen LogP contribution in [0.3, 0.4) is 0 Å². The normalized spacial score (nSPS) is 12.9. The van der Waals surface area contributed by atoms with Crippen LogP contribution in [0.4, 0.5) is 22.7 Å². The zero-order valence-electron chi connectivity index (χ0n) is 82.6. The molecule has 15 aromatic rings. The van der Waals surface area contributed by atoms with Gasteiger partial charge in [-0.25, -0.2) is 18.9 Å². The number of hydrogen-bond acceptors (Lipinski definition) is 14. The number of nitrogens with zero attached hydrogens (tertiary/aromatic N) is 7. The molecule has 3 aliphatic carbocycles. The van der Waals surface area contributed by atoms with Gasteiger partial charge in [-0.15, -0.1) is 0 Å². The predicted octanol–water partition coefficient (Wildman–Crippen LogP) is 22.3. The van der Waals surface area contributed by atoms with E-state index < -0.39 is 0 Å². The number of amides is 3. The minimum absolute atomic E-state index is 0. The van der Waals surface area contributed by atoms with Crippen molar-refractivity contribution in [1.82, 2.24) is 45.3 Å². The summed E-state index contributed by atoms with van der Waals surface area (Å²) < 4.78 is 25.1. The first kappa shape index (κ1) is 110. The molecule has 0 bridgehead atoms. The van der Waals surface area contributed by atoms with E-state index in [0.717, 1.165) is 151 Å². The van der Waals surface area contributed by atoms with Crippen LogP contribution in [0, 0.1) is 45.1 Å². The number of nitrogens with two attached hydrogens (primary N) is 2. The maximum atomic E-state index is 13.6. The third-order valence-corrected chi connectivity index (χ3v) is 25.7. The predicted molar refractivity (Wildman–Crippen MR) is 579 cm³/mol. The number of aromatic nitrogens is 6. The zero-order chi connectivity index (χ0) is 98.8. The number of rotatable bonds is 39. The largest absolute Gasteiger partial charge is 1.00 e. The number of anilines is 3. The number of halogens is 4. The van der Waals surface area contributed by atoms with Crippen molar-refractivity contribution in [3.05, 3.63) is 431 Å². The van der Waals surface area contributed by atoms with Crippen LogP contribution in [0.1, 0.15) is 194 Å². The summed E-state index contributed by atoms with van der Waals surface area (Å²) in [5.74, 6) is 4.30. The molecule has 0 spiro atoms. The van der Waals surface area contributed by atoms with Crippen LogP contribution < -0.4 is 87.1 Å². The van der Waals surface area contributed by atoms with Crippen LogP contribution in [0.25, 0.3) is 21.9 Å². The molecule has 21 nitrogen and oxygen atoms in total. The molecule has 3 saturated carbocycles. The number of carbonyl (C=O) groups is 3. The van der Waals surface area contributed by atoms with Crippen molar-refractivity contribution >= 4 is 101 Å². The molecule has 3 amide bonds. The third-order valence-electron chi connectivity index (χ3n) is 24.4. The molecule has 3 fully saturated rings. The Hall–Kier alpha value is -11.5. The molecule has 735 valence electrons. The van der Waals surface area contributed by atoms with Gasteiger partial charge < -0.3 is 59.0 Å². The van der Waals surface area contributed by atoms with Gasteiger partial charge in [-0.3, -0.25) is 14.4 Å². The molecular weight excluding hydrogens is 2010 g/mol. The van der Waals surface area contributed by atoms with Gasteiger partial charge in [0.15, 0.2) is 5.69 Å². The van der Waals surface area contributed by atoms with Crippen molar-refractivity contribution in [2.24, 2.45) is 29.2 Å². The van der Waals surface area contributed by atoms with Gasteiger partial charge in [0.2, 0.25) is 0 Å². The van der Waals surface area contributed by atoms with E-state index >= 15 is 0 Å². The Morgan fingerprint density at radius 2 is 0.783 bits per heavy atom. The molecule has 143 heavy (non-hydrogen) atoms. The van der Waals surface area contributed by atoms with Crippen molar-refractivity contribution in [3.63, 3.8) is 0 Å². The molecule has 3 aliphatic rings. The average molecular weight is 2130 g/mol. The summed E-state index contributed by atoms with van der Waals surface area (Å²) in [7, 11) is 9.40. The number of aryl methyl sites for hydroxylation is 5. The van der Waals surface area contributed by atoms with E-state index in [-0.39, 0.29) is 75.1 Å². The van der Waals surface area contributed by atoms with Crippen molar-refractivity contribution < 1.29 is 72.2 Å². The number of ether oxygens (including phenoxy) is 3. The Bertz CT molecular complexity index is 6650. The molecular formula is C115H122BBr2Cl2N15NaNiO6. The average Bonchev–Trinajstić information content (AvgIpc) is 1.63. The van der Waals surface area contributed by atoms with E-state index in [0.29, 0.717) is 97.2 Å². The van der Waals surface area contributed by atoms with Crippen molar-refractivity contribution in [3.8, 4) is 34.3 Å². The number of hydrogen-bond donors (Lipinski definition) is 8. The first-order valence-corrected chi connectivity index (χ1v) is 52.3. The molecule has 12 aromatic carbocycles. The molecule has 28 heteroatoms. The van der Waals surface area contributed by atoms with Gasteiger partial charge in [0.25, 0.3) is 17.7 Å². The van der Waals surface area contributed by atoms with Crippen LogP contribution in [-0.2, 0) is 45.3 Å². The van der Waals surface area contributed by atoms with Gasteiger partial charge >= 0.3 is 62.6 Å². The van der Waals surface area contributed by atoms with E-state index in [2.05, 4.69) is 225 Å². The van der Waals surface area contributed by atoms with Crippen LogP contribution in [0.15, 0.2) is 324 Å². The quantitative estimate of drug-likeness (QED) is 0.0101. The first-order valence-electron chi connectivity index (χ1n) is 48.0. The van der Waals surface area contributed by atoms with Gasteiger partial charge in [0.1, 0.15) is 54.2 Å². The summed E-state index contributed by atoms with van der Waals surface area (Å²) in [6.07, 6.45) is 11.8. The van der Waals surface area contributed by atoms with Crippen LogP contribution in [-0.4, -0.2) is 94.7 Å². The van der Waals surface area contributed by atoms with Gasteiger partial charge in [-0.2, -0.15) is 15.3 Å². The Labute approximate surface area is 897 Å². The molecule has 18 rings (SSSR count). The number of benzene rings is 12. The summed E-state index contributed by atoms with van der Waals surface area (Å²) in [5, 5.41) is 33.7. The fourth-order valence-electron chi connectivity index (χ4n) is 16.5. The standard InChI is InChI=1S/C38H39N3O2.C37H37BrN4O2.C36H32BrN5O2.C4H13N3.B.2ClH.Na.Ni.H/c1-3-28-11-7-14-34(24-28)41-37(23-27(2)40-41)38(42)39-33-13-8-12-32(25-33)36(22-17-29-15-16-29)31-18-20-35(21-19-31)43-26-30-9-5-4-6-10-30;1-3-26-11-7-14-32(20-26)42-34(19-25(2)41-42)37(43)40-31-13-8-12-29(21-31)36(39-23-27-15-16-27)30-17-18-35(33(38)22-30)44-24-28-9-5-4-6-10-28;1-24-18-33(42(41-24)31-13-7-11-29(21-31)38-2)36(43)40-30-12-6-10-27(19-30)35(39-22-25-14-15-25)28-16-17-34(32(37)20-28)44-23-26-8-4-3-5-9-26;5-1-3-7-4-2-6;;;;;;/h4-14,18-21,23-25,29,36H,3,15-17,22,26H2,1-2H3,(H,39,42);4-14,17-22,27,36,39H,3,15-16,23-24H2,1-2H3,(H,40,43);3-13,16-21,25,35,39H,14-15,22-23H2,1H3,(H,40,43);7H,1-6H2;;2*1H;;;/q;;;;;;;+1;+2;-1/p-2. The van der Waals surface area contributed by atoms with Crippen LogP contribution >= 0.6 is 52.2 Å². The van der Waals surface area contributed by atoms with Crippen LogP contribution in [0.2, 0.25) is 0 Å². The summed E-state index contributed by atoms with van der Waals surface area (Å²) >= 11 is 8.05. The molecule has 3 radical (unpaired) electrons. The molecule has 3 atom stereocenters. The summed E-state index contributed by atoms with van der Waals surface area (Å²) in [5.41, 5.74) is 31.8. The van der Waals surface area contributed by atoms with E-state index in [4.69, 9.17) is 52.6 Å². The number of carbonyl (C=O) groups excluding carboxylic acids is 3.